The molecule has 124 valence electrons. The highest BCUT2D eigenvalue weighted by molar-refractivity contribution is 7.99. The molecular weight excluding hydrogens is 316 g/mol. The number of tetrazole rings is 1. The van der Waals surface area contributed by atoms with Crippen LogP contribution in [0.5, 0.6) is 5.75 Å². The number of aliphatic hydroxyl groups excluding tert-OH is 1. The summed E-state index contributed by atoms with van der Waals surface area (Å²) in [5, 5.41) is 22.4. The van der Waals surface area contributed by atoms with Gasteiger partial charge in [0.15, 0.2) is 0 Å². The third-order valence-corrected chi connectivity index (χ3v) is 4.59. The van der Waals surface area contributed by atoms with Crippen molar-refractivity contribution in [3.63, 3.8) is 0 Å². The van der Waals surface area contributed by atoms with Gasteiger partial charge in [-0.3, -0.25) is 0 Å². The van der Waals surface area contributed by atoms with Crippen molar-refractivity contribution in [2.24, 2.45) is 0 Å². The van der Waals surface area contributed by atoms with Crippen LogP contribution in [-0.2, 0) is 11.3 Å². The zero-order valence-corrected chi connectivity index (χ0v) is 13.6. The average Bonchev–Trinajstić information content (AvgIpc) is 3.24. The number of nitrogens with zero attached hydrogens (tertiary/aromatic N) is 4. The molecule has 0 saturated carbocycles. The maximum atomic E-state index is 10.0. The number of rotatable bonds is 8. The third-order valence-electron chi connectivity index (χ3n) is 3.49. The van der Waals surface area contributed by atoms with Crippen LogP contribution in [0.4, 0.5) is 0 Å². The van der Waals surface area contributed by atoms with Crippen LogP contribution in [0.3, 0.4) is 0 Å². The van der Waals surface area contributed by atoms with Gasteiger partial charge in [0.25, 0.3) is 0 Å². The highest BCUT2D eigenvalue weighted by atomic mass is 32.2. The molecule has 23 heavy (non-hydrogen) atoms. The highest BCUT2D eigenvalue weighted by Crippen LogP contribution is 2.19. The number of benzene rings is 1. The Bertz CT molecular complexity index is 589. The molecule has 0 amide bonds. The summed E-state index contributed by atoms with van der Waals surface area (Å²) in [5.74, 6) is 1.22. The Kier molecular flexibility index (Phi) is 5.84. The SMILES string of the molecule is O[C@H](COc1ccccc1)CSc1nnnn1C[C@@H]1CCCO1. The molecule has 2 heterocycles. The fourth-order valence-corrected chi connectivity index (χ4v) is 3.12. The minimum atomic E-state index is -0.590. The fraction of sp³-hybridized carbons (Fsp3) is 0.533. The molecule has 8 heteroatoms. The second-order valence-electron chi connectivity index (χ2n) is 5.37. The van der Waals surface area contributed by atoms with E-state index in [1.807, 2.05) is 30.3 Å². The van der Waals surface area contributed by atoms with Crippen molar-refractivity contribution in [3.8, 4) is 5.75 Å². The Labute approximate surface area is 139 Å². The van der Waals surface area contributed by atoms with Crippen LogP contribution in [0.2, 0.25) is 0 Å². The van der Waals surface area contributed by atoms with Crippen molar-refractivity contribution >= 4 is 11.8 Å². The molecule has 2 atom stereocenters. The Balaban J connectivity index is 1.43. The molecule has 3 rings (SSSR count). The summed E-state index contributed by atoms with van der Waals surface area (Å²) in [5.41, 5.74) is 0. The lowest BCUT2D eigenvalue weighted by molar-refractivity contribution is 0.0911. The van der Waals surface area contributed by atoms with Gasteiger partial charge in [-0.05, 0) is 35.4 Å². The average molecular weight is 336 g/mol. The van der Waals surface area contributed by atoms with Crippen LogP contribution in [0, 0.1) is 0 Å². The van der Waals surface area contributed by atoms with Gasteiger partial charge >= 0.3 is 0 Å². The first-order valence-electron chi connectivity index (χ1n) is 7.68. The largest absolute Gasteiger partial charge is 0.491 e. The highest BCUT2D eigenvalue weighted by Gasteiger charge is 2.19. The Morgan fingerprint density at radius 1 is 1.39 bits per heavy atom. The van der Waals surface area contributed by atoms with Gasteiger partial charge in [-0.2, -0.15) is 0 Å². The van der Waals surface area contributed by atoms with Gasteiger partial charge in [-0.25, -0.2) is 4.68 Å². The fourth-order valence-electron chi connectivity index (χ4n) is 2.32. The molecule has 0 radical (unpaired) electrons. The molecule has 1 aliphatic rings. The zero-order valence-electron chi connectivity index (χ0n) is 12.7. The predicted octanol–water partition coefficient (Wildman–Crippen LogP) is 1.38. The summed E-state index contributed by atoms with van der Waals surface area (Å²) in [6, 6.07) is 9.45. The third kappa shape index (κ3) is 4.92. The molecule has 0 unspecified atom stereocenters. The van der Waals surface area contributed by atoms with Gasteiger partial charge in [-0.1, -0.05) is 30.0 Å². The number of ether oxygens (including phenoxy) is 2. The summed E-state index contributed by atoms with van der Waals surface area (Å²) in [7, 11) is 0. The topological polar surface area (TPSA) is 82.3 Å². The van der Waals surface area contributed by atoms with E-state index in [1.54, 1.807) is 4.68 Å². The van der Waals surface area contributed by atoms with E-state index in [9.17, 15) is 5.11 Å². The molecule has 1 saturated heterocycles. The van der Waals surface area contributed by atoms with Gasteiger partial charge in [0.05, 0.1) is 18.8 Å². The normalized spacial score (nSPS) is 18.9. The van der Waals surface area contributed by atoms with E-state index >= 15 is 0 Å². The van der Waals surface area contributed by atoms with E-state index < -0.39 is 6.10 Å². The van der Waals surface area contributed by atoms with Crippen molar-refractivity contribution in [2.45, 2.75) is 36.8 Å². The van der Waals surface area contributed by atoms with E-state index in [1.165, 1.54) is 11.8 Å². The maximum Gasteiger partial charge on any atom is 0.209 e. The van der Waals surface area contributed by atoms with E-state index in [0.29, 0.717) is 17.5 Å². The summed E-state index contributed by atoms with van der Waals surface area (Å²) < 4.78 is 12.9. The molecule has 0 spiro atoms. The van der Waals surface area contributed by atoms with Gasteiger partial charge in [0, 0.05) is 12.4 Å². The summed E-state index contributed by atoms with van der Waals surface area (Å²) in [6.07, 6.45) is 1.72. The predicted molar refractivity (Wildman–Crippen MR) is 85.5 cm³/mol. The van der Waals surface area contributed by atoms with Crippen molar-refractivity contribution in [3.05, 3.63) is 30.3 Å². The quantitative estimate of drug-likeness (QED) is 0.729. The standard InChI is InChI=1S/C15H20N4O3S/c20-12(10-22-13-5-2-1-3-6-13)11-23-15-16-17-18-19(15)9-14-7-4-8-21-14/h1-3,5-6,12,14,20H,4,7-11H2/t12-,14+/m1/s1. The van der Waals surface area contributed by atoms with Gasteiger partial charge in [0.2, 0.25) is 5.16 Å². The monoisotopic (exact) mass is 336 g/mol. The minimum absolute atomic E-state index is 0.184. The Morgan fingerprint density at radius 3 is 3.04 bits per heavy atom. The number of hydrogen-bond acceptors (Lipinski definition) is 7. The van der Waals surface area contributed by atoms with Crippen molar-refractivity contribution in [1.29, 1.82) is 0 Å². The van der Waals surface area contributed by atoms with Crippen molar-refractivity contribution < 1.29 is 14.6 Å². The van der Waals surface area contributed by atoms with Gasteiger partial charge < -0.3 is 14.6 Å². The van der Waals surface area contributed by atoms with Crippen LogP contribution < -0.4 is 4.74 Å². The van der Waals surface area contributed by atoms with Crippen LogP contribution in [0.25, 0.3) is 0 Å². The van der Waals surface area contributed by atoms with Crippen molar-refractivity contribution in [1.82, 2.24) is 20.2 Å². The molecule has 1 aromatic carbocycles. The molecule has 1 fully saturated rings. The molecule has 1 aromatic heterocycles. The second-order valence-corrected chi connectivity index (χ2v) is 6.35. The van der Waals surface area contributed by atoms with Crippen molar-refractivity contribution in [2.75, 3.05) is 19.0 Å². The summed E-state index contributed by atoms with van der Waals surface area (Å²) in [6.45, 7) is 1.71. The van der Waals surface area contributed by atoms with E-state index in [2.05, 4.69) is 15.5 Å². The number of aromatic nitrogens is 4. The number of para-hydroxylation sites is 1. The molecule has 2 aromatic rings. The van der Waals surface area contributed by atoms with E-state index in [0.717, 1.165) is 25.2 Å². The lowest BCUT2D eigenvalue weighted by atomic mass is 10.2. The first-order chi connectivity index (χ1) is 11.3. The summed E-state index contributed by atoms with van der Waals surface area (Å²) in [4.78, 5) is 0. The molecule has 1 aliphatic heterocycles. The molecule has 7 nitrogen and oxygen atoms in total. The number of thioether (sulfide) groups is 1. The Morgan fingerprint density at radius 2 is 2.26 bits per heavy atom. The van der Waals surface area contributed by atoms with Gasteiger partial charge in [0.1, 0.15) is 12.4 Å². The van der Waals surface area contributed by atoms with Crippen LogP contribution in [-0.4, -0.2) is 56.5 Å². The number of aliphatic hydroxyl groups is 1. The molecule has 0 aliphatic carbocycles. The molecular formula is C15H20N4O3S. The minimum Gasteiger partial charge on any atom is -0.491 e. The lowest BCUT2D eigenvalue weighted by Gasteiger charge is -2.13. The molecule has 0 bridgehead atoms. The number of hydrogen-bond donors (Lipinski definition) is 1. The van der Waals surface area contributed by atoms with Gasteiger partial charge in [-0.15, -0.1) is 5.10 Å². The lowest BCUT2D eigenvalue weighted by Crippen LogP contribution is -2.21. The van der Waals surface area contributed by atoms with E-state index in [-0.39, 0.29) is 12.7 Å². The van der Waals surface area contributed by atoms with Crippen LogP contribution in [0.15, 0.2) is 35.5 Å². The van der Waals surface area contributed by atoms with E-state index in [4.69, 9.17) is 9.47 Å². The Hall–Kier alpha value is -1.64. The first kappa shape index (κ1) is 16.2. The van der Waals surface area contributed by atoms with Crippen LogP contribution in [0.1, 0.15) is 12.8 Å². The zero-order chi connectivity index (χ0) is 15.9. The first-order valence-corrected chi connectivity index (χ1v) is 8.66. The van der Waals surface area contributed by atoms with Crippen LogP contribution >= 0.6 is 11.8 Å². The second kappa shape index (κ2) is 8.28. The maximum absolute atomic E-state index is 10.0. The smallest absolute Gasteiger partial charge is 0.209 e. The molecule has 1 N–H and O–H groups in total. The summed E-state index contributed by atoms with van der Waals surface area (Å²) >= 11 is 1.42.